The van der Waals surface area contributed by atoms with Gasteiger partial charge in [-0.3, -0.25) is 0 Å². The fourth-order valence-corrected chi connectivity index (χ4v) is 2.91. The minimum Gasteiger partial charge on any atom is -0.455 e. The summed E-state index contributed by atoms with van der Waals surface area (Å²) in [5, 5.41) is 0.600. The van der Waals surface area contributed by atoms with Crippen molar-refractivity contribution in [3.8, 4) is 17.2 Å². The van der Waals surface area contributed by atoms with Gasteiger partial charge in [0.1, 0.15) is 18.1 Å². The zero-order valence-corrected chi connectivity index (χ0v) is 16.8. The Morgan fingerprint density at radius 1 is 0.931 bits per heavy atom. The highest BCUT2D eigenvalue weighted by molar-refractivity contribution is 6.30. The van der Waals surface area contributed by atoms with Gasteiger partial charge in [-0.25, -0.2) is 4.79 Å². The van der Waals surface area contributed by atoms with Gasteiger partial charge in [-0.2, -0.15) is 0 Å². The predicted molar refractivity (Wildman–Crippen MR) is 114 cm³/mol. The lowest BCUT2D eigenvalue weighted by atomic mass is 10.2. The number of hydrogen-bond acceptors (Lipinski definition) is 5. The monoisotopic (exact) mass is 411 g/mol. The van der Waals surface area contributed by atoms with Gasteiger partial charge in [-0.05, 0) is 49.4 Å². The number of anilines is 1. The van der Waals surface area contributed by atoms with Crippen LogP contribution in [0, 0.1) is 0 Å². The standard InChI is InChI=1S/C23H22ClNO4/c1-2-25(15-16-27-23(26)29-20-11-7-4-8-12-20)21-17-18(24)13-14-22(21)28-19-9-5-3-6-10-19/h3-14,17H,2,15-16H2,1H3. The Labute approximate surface area is 175 Å². The Hall–Kier alpha value is -3.18. The second-order valence-electron chi connectivity index (χ2n) is 6.12. The molecular weight excluding hydrogens is 390 g/mol. The van der Waals surface area contributed by atoms with Gasteiger partial charge in [0.2, 0.25) is 0 Å². The van der Waals surface area contributed by atoms with E-state index in [2.05, 4.69) is 0 Å². The van der Waals surface area contributed by atoms with E-state index in [0.717, 1.165) is 11.4 Å². The summed E-state index contributed by atoms with van der Waals surface area (Å²) in [7, 11) is 0. The maximum atomic E-state index is 11.9. The first-order valence-corrected chi connectivity index (χ1v) is 9.70. The number of halogens is 1. The molecule has 0 saturated heterocycles. The molecule has 150 valence electrons. The normalized spacial score (nSPS) is 10.3. The van der Waals surface area contributed by atoms with Crippen molar-refractivity contribution in [2.45, 2.75) is 6.92 Å². The first-order valence-electron chi connectivity index (χ1n) is 9.32. The third-order valence-corrected chi connectivity index (χ3v) is 4.38. The van der Waals surface area contributed by atoms with Gasteiger partial charge in [-0.15, -0.1) is 0 Å². The average Bonchev–Trinajstić information content (AvgIpc) is 2.74. The number of para-hydroxylation sites is 2. The van der Waals surface area contributed by atoms with Crippen LogP contribution in [0.15, 0.2) is 78.9 Å². The van der Waals surface area contributed by atoms with E-state index in [1.807, 2.05) is 60.4 Å². The fraction of sp³-hybridized carbons (Fsp3) is 0.174. The third-order valence-electron chi connectivity index (χ3n) is 4.14. The minimum atomic E-state index is -0.737. The third kappa shape index (κ3) is 6.16. The Morgan fingerprint density at radius 3 is 2.24 bits per heavy atom. The zero-order valence-electron chi connectivity index (χ0n) is 16.1. The lowest BCUT2D eigenvalue weighted by Crippen LogP contribution is -2.28. The molecule has 0 bridgehead atoms. The van der Waals surface area contributed by atoms with Crippen LogP contribution in [-0.2, 0) is 4.74 Å². The van der Waals surface area contributed by atoms with E-state index in [1.54, 1.807) is 30.3 Å². The number of carbonyl (C=O) groups excluding carboxylic acids is 1. The summed E-state index contributed by atoms with van der Waals surface area (Å²) in [6, 6.07) is 23.8. The molecule has 3 rings (SSSR count). The predicted octanol–water partition coefficient (Wildman–Crippen LogP) is 6.17. The van der Waals surface area contributed by atoms with E-state index >= 15 is 0 Å². The molecule has 0 amide bonds. The largest absolute Gasteiger partial charge is 0.513 e. The number of likely N-dealkylation sites (N-methyl/N-ethyl adjacent to an activating group) is 1. The van der Waals surface area contributed by atoms with Crippen molar-refractivity contribution in [2.75, 3.05) is 24.6 Å². The van der Waals surface area contributed by atoms with E-state index in [1.165, 1.54) is 0 Å². The van der Waals surface area contributed by atoms with Crippen LogP contribution in [0.5, 0.6) is 17.2 Å². The Kier molecular flexibility index (Phi) is 7.36. The lowest BCUT2D eigenvalue weighted by Gasteiger charge is -2.25. The van der Waals surface area contributed by atoms with Gasteiger partial charge < -0.3 is 19.1 Å². The van der Waals surface area contributed by atoms with E-state index in [4.69, 9.17) is 25.8 Å². The SMILES string of the molecule is CCN(CCOC(=O)Oc1ccccc1)c1cc(Cl)ccc1Oc1ccccc1. The summed E-state index contributed by atoms with van der Waals surface area (Å²) in [6.45, 7) is 3.32. The molecule has 0 fully saturated rings. The number of rotatable bonds is 8. The molecule has 3 aromatic carbocycles. The average molecular weight is 412 g/mol. The first-order chi connectivity index (χ1) is 14.2. The van der Waals surface area contributed by atoms with Gasteiger partial charge in [-0.1, -0.05) is 48.0 Å². The van der Waals surface area contributed by atoms with Crippen LogP contribution in [0.2, 0.25) is 5.02 Å². The molecule has 0 N–H and O–H groups in total. The lowest BCUT2D eigenvalue weighted by molar-refractivity contribution is 0.101. The molecule has 0 heterocycles. The van der Waals surface area contributed by atoms with Gasteiger partial charge >= 0.3 is 6.16 Å². The summed E-state index contributed by atoms with van der Waals surface area (Å²) < 4.78 is 16.4. The van der Waals surface area contributed by atoms with Crippen molar-refractivity contribution in [3.63, 3.8) is 0 Å². The molecule has 3 aromatic rings. The second kappa shape index (κ2) is 10.4. The molecule has 0 aliphatic carbocycles. The zero-order chi connectivity index (χ0) is 20.5. The Balaban J connectivity index is 1.63. The number of ether oxygens (including phenoxy) is 3. The van der Waals surface area contributed by atoms with Crippen molar-refractivity contribution in [1.82, 2.24) is 0 Å². The van der Waals surface area contributed by atoms with E-state index in [9.17, 15) is 4.79 Å². The molecular formula is C23H22ClNO4. The molecule has 0 atom stereocenters. The van der Waals surface area contributed by atoms with Crippen molar-refractivity contribution in [3.05, 3.63) is 83.9 Å². The van der Waals surface area contributed by atoms with Gasteiger partial charge in [0.15, 0.2) is 5.75 Å². The molecule has 29 heavy (non-hydrogen) atoms. The van der Waals surface area contributed by atoms with Crippen LogP contribution in [0.1, 0.15) is 6.92 Å². The van der Waals surface area contributed by atoms with E-state index < -0.39 is 6.16 Å². The molecule has 0 saturated carbocycles. The number of nitrogens with zero attached hydrogens (tertiary/aromatic N) is 1. The fourth-order valence-electron chi connectivity index (χ4n) is 2.74. The highest BCUT2D eigenvalue weighted by atomic mass is 35.5. The topological polar surface area (TPSA) is 48.0 Å². The summed E-state index contributed by atoms with van der Waals surface area (Å²) in [5.74, 6) is 1.85. The van der Waals surface area contributed by atoms with Crippen molar-refractivity contribution < 1.29 is 19.0 Å². The van der Waals surface area contributed by atoms with Crippen molar-refractivity contribution >= 4 is 23.4 Å². The molecule has 5 nitrogen and oxygen atoms in total. The number of hydrogen-bond donors (Lipinski definition) is 0. The summed E-state index contributed by atoms with van der Waals surface area (Å²) in [4.78, 5) is 13.9. The molecule has 0 unspecified atom stereocenters. The van der Waals surface area contributed by atoms with Gasteiger partial charge in [0.05, 0.1) is 12.2 Å². The minimum absolute atomic E-state index is 0.163. The quantitative estimate of drug-likeness (QED) is 0.327. The van der Waals surface area contributed by atoms with Crippen LogP contribution in [-0.4, -0.2) is 25.9 Å². The van der Waals surface area contributed by atoms with Crippen LogP contribution in [0.4, 0.5) is 10.5 Å². The van der Waals surface area contributed by atoms with Crippen molar-refractivity contribution in [1.29, 1.82) is 0 Å². The van der Waals surface area contributed by atoms with E-state index in [-0.39, 0.29) is 6.61 Å². The van der Waals surface area contributed by atoms with Gasteiger partial charge in [0.25, 0.3) is 0 Å². The molecule has 0 aliphatic heterocycles. The molecule has 0 radical (unpaired) electrons. The van der Waals surface area contributed by atoms with Crippen LogP contribution < -0.4 is 14.4 Å². The molecule has 0 aliphatic rings. The first kappa shape index (κ1) is 20.6. The van der Waals surface area contributed by atoms with Crippen LogP contribution >= 0.6 is 11.6 Å². The van der Waals surface area contributed by atoms with Crippen LogP contribution in [0.3, 0.4) is 0 Å². The number of benzene rings is 3. The smallest absolute Gasteiger partial charge is 0.455 e. The highest BCUT2D eigenvalue weighted by Crippen LogP contribution is 2.34. The van der Waals surface area contributed by atoms with E-state index in [0.29, 0.717) is 29.6 Å². The number of carbonyl (C=O) groups is 1. The Bertz CT molecular complexity index is 919. The second-order valence-corrected chi connectivity index (χ2v) is 6.56. The maximum absolute atomic E-state index is 11.9. The molecule has 0 spiro atoms. The van der Waals surface area contributed by atoms with Crippen molar-refractivity contribution in [2.24, 2.45) is 0 Å². The Morgan fingerprint density at radius 2 is 1.59 bits per heavy atom. The summed E-state index contributed by atoms with van der Waals surface area (Å²) in [6.07, 6.45) is -0.737. The molecule has 0 aromatic heterocycles. The molecule has 6 heteroatoms. The summed E-state index contributed by atoms with van der Waals surface area (Å²) in [5.41, 5.74) is 0.823. The van der Waals surface area contributed by atoms with Gasteiger partial charge in [0, 0.05) is 11.6 Å². The summed E-state index contributed by atoms with van der Waals surface area (Å²) >= 11 is 6.21. The van der Waals surface area contributed by atoms with Crippen LogP contribution in [0.25, 0.3) is 0 Å². The highest BCUT2D eigenvalue weighted by Gasteiger charge is 2.14. The maximum Gasteiger partial charge on any atom is 0.513 e.